The summed E-state index contributed by atoms with van der Waals surface area (Å²) in [5.41, 5.74) is 6.27. The fourth-order valence-electron chi connectivity index (χ4n) is 2.10. The zero-order valence-electron chi connectivity index (χ0n) is 10.2. The van der Waals surface area contributed by atoms with Gasteiger partial charge in [0, 0.05) is 31.2 Å². The Bertz CT molecular complexity index is 424. The van der Waals surface area contributed by atoms with Crippen LogP contribution in [0.25, 0.3) is 0 Å². The summed E-state index contributed by atoms with van der Waals surface area (Å²) in [6.07, 6.45) is 0.931. The van der Waals surface area contributed by atoms with Gasteiger partial charge in [-0.05, 0) is 12.5 Å². The van der Waals surface area contributed by atoms with Crippen LogP contribution in [0.2, 0.25) is 0 Å². The maximum atomic E-state index is 13.3. The Morgan fingerprint density at radius 1 is 1.50 bits per heavy atom. The third-order valence-corrected chi connectivity index (χ3v) is 3.11. The molecule has 0 spiro atoms. The van der Waals surface area contributed by atoms with Gasteiger partial charge in [0.05, 0.1) is 6.54 Å². The van der Waals surface area contributed by atoms with Gasteiger partial charge in [0.15, 0.2) is 0 Å². The lowest BCUT2D eigenvalue weighted by Crippen LogP contribution is -2.37. The van der Waals surface area contributed by atoms with Crippen LogP contribution in [-0.2, 0) is 11.3 Å². The van der Waals surface area contributed by atoms with Crippen LogP contribution in [0.4, 0.5) is 4.39 Å². The monoisotopic (exact) mass is 251 g/mol. The highest BCUT2D eigenvalue weighted by atomic mass is 19.1. The first-order chi connectivity index (χ1) is 8.65. The van der Waals surface area contributed by atoms with Crippen LogP contribution >= 0.6 is 0 Å². The van der Waals surface area contributed by atoms with E-state index in [0.717, 1.165) is 19.5 Å². The highest BCUT2D eigenvalue weighted by Crippen LogP contribution is 2.07. The van der Waals surface area contributed by atoms with Crippen LogP contribution in [0.1, 0.15) is 12.0 Å². The molecule has 1 heterocycles. The second-order valence-electron chi connectivity index (χ2n) is 4.65. The van der Waals surface area contributed by atoms with Crippen molar-refractivity contribution in [3.8, 4) is 0 Å². The lowest BCUT2D eigenvalue weighted by molar-refractivity contribution is -0.122. The maximum Gasteiger partial charge on any atom is 0.234 e. The topological polar surface area (TPSA) is 58.4 Å². The van der Waals surface area contributed by atoms with Gasteiger partial charge in [0.2, 0.25) is 5.91 Å². The van der Waals surface area contributed by atoms with E-state index in [1.807, 2.05) is 4.90 Å². The van der Waals surface area contributed by atoms with Gasteiger partial charge >= 0.3 is 0 Å². The zero-order chi connectivity index (χ0) is 13.0. The summed E-state index contributed by atoms with van der Waals surface area (Å²) in [6, 6.07) is 6.61. The van der Waals surface area contributed by atoms with Gasteiger partial charge in [0.25, 0.3) is 0 Å². The molecular weight excluding hydrogens is 233 g/mol. The molecule has 0 unspecified atom stereocenters. The molecule has 0 aliphatic carbocycles. The quantitative estimate of drug-likeness (QED) is 0.818. The molecule has 1 aliphatic rings. The van der Waals surface area contributed by atoms with E-state index in [1.165, 1.54) is 6.07 Å². The van der Waals surface area contributed by atoms with Crippen molar-refractivity contribution in [2.75, 3.05) is 19.6 Å². The van der Waals surface area contributed by atoms with Gasteiger partial charge in [-0.2, -0.15) is 0 Å². The summed E-state index contributed by atoms with van der Waals surface area (Å²) in [6.45, 7) is 2.18. The van der Waals surface area contributed by atoms with E-state index in [2.05, 4.69) is 5.32 Å². The molecule has 0 radical (unpaired) electrons. The number of carbonyl (C=O) groups excluding carboxylic acids is 1. The molecule has 1 aliphatic heterocycles. The van der Waals surface area contributed by atoms with Gasteiger partial charge in [0.1, 0.15) is 5.82 Å². The highest BCUT2D eigenvalue weighted by molar-refractivity contribution is 5.78. The number of amides is 1. The first-order valence-corrected chi connectivity index (χ1v) is 6.13. The summed E-state index contributed by atoms with van der Waals surface area (Å²) in [5.74, 6) is -0.381. The second kappa shape index (κ2) is 5.93. The SMILES string of the molecule is N[C@@H]1CCN(CC(=O)NCc2ccccc2F)C1. The summed E-state index contributed by atoms with van der Waals surface area (Å²) >= 11 is 0. The molecule has 0 saturated carbocycles. The van der Waals surface area contributed by atoms with Crippen LogP contribution in [-0.4, -0.2) is 36.5 Å². The minimum absolute atomic E-state index is 0.0904. The molecule has 18 heavy (non-hydrogen) atoms. The molecule has 2 rings (SSSR count). The minimum atomic E-state index is -0.291. The number of hydrogen-bond acceptors (Lipinski definition) is 3. The molecule has 1 aromatic carbocycles. The minimum Gasteiger partial charge on any atom is -0.351 e. The number of nitrogens with zero attached hydrogens (tertiary/aromatic N) is 1. The van der Waals surface area contributed by atoms with Crippen molar-refractivity contribution in [2.24, 2.45) is 5.73 Å². The predicted molar refractivity (Wildman–Crippen MR) is 67.3 cm³/mol. The first-order valence-electron chi connectivity index (χ1n) is 6.13. The molecule has 1 aromatic rings. The fourth-order valence-corrected chi connectivity index (χ4v) is 2.10. The van der Waals surface area contributed by atoms with Crippen LogP contribution in [0.15, 0.2) is 24.3 Å². The molecule has 1 saturated heterocycles. The molecule has 5 heteroatoms. The molecule has 98 valence electrons. The summed E-state index contributed by atoms with van der Waals surface area (Å²) in [4.78, 5) is 13.7. The van der Waals surface area contributed by atoms with Crippen LogP contribution < -0.4 is 11.1 Å². The molecule has 1 amide bonds. The van der Waals surface area contributed by atoms with Crippen molar-refractivity contribution >= 4 is 5.91 Å². The smallest absolute Gasteiger partial charge is 0.234 e. The highest BCUT2D eigenvalue weighted by Gasteiger charge is 2.20. The normalized spacial score (nSPS) is 20.0. The number of carbonyl (C=O) groups is 1. The lowest BCUT2D eigenvalue weighted by Gasteiger charge is -2.14. The Morgan fingerprint density at radius 3 is 2.94 bits per heavy atom. The molecular formula is C13H18FN3O. The van der Waals surface area contributed by atoms with E-state index in [0.29, 0.717) is 12.1 Å². The van der Waals surface area contributed by atoms with Crippen molar-refractivity contribution in [1.29, 1.82) is 0 Å². The Labute approximate surface area is 106 Å². The first kappa shape index (κ1) is 13.0. The van der Waals surface area contributed by atoms with E-state index in [1.54, 1.807) is 18.2 Å². The van der Waals surface area contributed by atoms with Gasteiger partial charge in [-0.3, -0.25) is 9.69 Å². The molecule has 3 N–H and O–H groups in total. The number of hydrogen-bond donors (Lipinski definition) is 2. The van der Waals surface area contributed by atoms with Crippen molar-refractivity contribution < 1.29 is 9.18 Å². The second-order valence-corrected chi connectivity index (χ2v) is 4.65. The number of nitrogens with one attached hydrogen (secondary N) is 1. The van der Waals surface area contributed by atoms with E-state index in [9.17, 15) is 9.18 Å². The van der Waals surface area contributed by atoms with E-state index in [-0.39, 0.29) is 24.3 Å². The lowest BCUT2D eigenvalue weighted by atomic mass is 10.2. The van der Waals surface area contributed by atoms with Crippen LogP contribution in [0.3, 0.4) is 0 Å². The predicted octanol–water partition coefficient (Wildman–Crippen LogP) is 0.475. The Morgan fingerprint density at radius 2 is 2.28 bits per heavy atom. The zero-order valence-corrected chi connectivity index (χ0v) is 10.2. The average molecular weight is 251 g/mol. The third-order valence-electron chi connectivity index (χ3n) is 3.11. The van der Waals surface area contributed by atoms with Gasteiger partial charge in [-0.25, -0.2) is 4.39 Å². The van der Waals surface area contributed by atoms with Crippen molar-refractivity contribution in [3.63, 3.8) is 0 Å². The maximum absolute atomic E-state index is 13.3. The van der Waals surface area contributed by atoms with E-state index in [4.69, 9.17) is 5.73 Å². The van der Waals surface area contributed by atoms with E-state index >= 15 is 0 Å². The van der Waals surface area contributed by atoms with Crippen molar-refractivity contribution in [1.82, 2.24) is 10.2 Å². The van der Waals surface area contributed by atoms with Gasteiger partial charge in [-0.15, -0.1) is 0 Å². The fraction of sp³-hybridized carbons (Fsp3) is 0.462. The Kier molecular flexibility index (Phi) is 4.28. The summed E-state index contributed by atoms with van der Waals surface area (Å²) in [7, 11) is 0. The number of nitrogens with two attached hydrogens (primary N) is 1. The molecule has 1 fully saturated rings. The average Bonchev–Trinajstić information content (AvgIpc) is 2.74. The number of rotatable bonds is 4. The van der Waals surface area contributed by atoms with Crippen LogP contribution in [0, 0.1) is 5.82 Å². The third kappa shape index (κ3) is 3.51. The van der Waals surface area contributed by atoms with Crippen molar-refractivity contribution in [2.45, 2.75) is 19.0 Å². The van der Waals surface area contributed by atoms with Crippen molar-refractivity contribution in [3.05, 3.63) is 35.6 Å². The molecule has 0 bridgehead atoms. The molecule has 0 aromatic heterocycles. The van der Waals surface area contributed by atoms with Crippen LogP contribution in [0.5, 0.6) is 0 Å². The molecule has 4 nitrogen and oxygen atoms in total. The largest absolute Gasteiger partial charge is 0.351 e. The van der Waals surface area contributed by atoms with Gasteiger partial charge < -0.3 is 11.1 Å². The van der Waals surface area contributed by atoms with Gasteiger partial charge in [-0.1, -0.05) is 18.2 Å². The number of likely N-dealkylation sites (tertiary alicyclic amines) is 1. The number of benzene rings is 1. The molecule has 1 atom stereocenters. The number of halogens is 1. The Hall–Kier alpha value is -1.46. The van der Waals surface area contributed by atoms with E-state index < -0.39 is 0 Å². The summed E-state index contributed by atoms with van der Waals surface area (Å²) in [5, 5.41) is 2.72. The standard InChI is InChI=1S/C13H18FN3O/c14-12-4-2-1-3-10(12)7-16-13(18)9-17-6-5-11(15)8-17/h1-4,11H,5-9,15H2,(H,16,18)/t11-/m1/s1. The Balaban J connectivity index is 1.77. The summed E-state index contributed by atoms with van der Waals surface area (Å²) < 4.78 is 13.3.